The quantitative estimate of drug-likeness (QED) is 0.301. The third-order valence-corrected chi connectivity index (χ3v) is 8.25. The number of aromatic nitrogens is 2. The predicted octanol–water partition coefficient (Wildman–Crippen LogP) is 4.18. The fourth-order valence-electron chi connectivity index (χ4n) is 5.68. The highest BCUT2D eigenvalue weighted by Crippen LogP contribution is 2.30. The Kier molecular flexibility index (Phi) is 7.67. The topological polar surface area (TPSA) is 134 Å². The van der Waals surface area contributed by atoms with Crippen molar-refractivity contribution >= 4 is 28.7 Å². The summed E-state index contributed by atoms with van der Waals surface area (Å²) in [5.41, 5.74) is 4.25. The summed E-state index contributed by atoms with van der Waals surface area (Å²) in [6, 6.07) is 14.8. The Hall–Kier alpha value is -4.99. The number of likely N-dealkylation sites (tertiary alicyclic amines) is 1. The molecule has 10 nitrogen and oxygen atoms in total. The summed E-state index contributed by atoms with van der Waals surface area (Å²) in [5, 5.41) is 15.6. The van der Waals surface area contributed by atoms with E-state index in [4.69, 9.17) is 5.11 Å². The second kappa shape index (κ2) is 11.7. The summed E-state index contributed by atoms with van der Waals surface area (Å²) < 4.78 is 1.55. The maximum Gasteiger partial charge on any atom is 0.404 e. The van der Waals surface area contributed by atoms with Crippen LogP contribution in [0.2, 0.25) is 0 Å². The van der Waals surface area contributed by atoms with Crippen LogP contribution in [0.3, 0.4) is 0 Å². The smallest absolute Gasteiger partial charge is 0.404 e. The lowest BCUT2D eigenvalue weighted by molar-refractivity contribution is 0.0706. The highest BCUT2D eigenvalue weighted by molar-refractivity contribution is 6.07. The van der Waals surface area contributed by atoms with E-state index in [9.17, 15) is 19.2 Å². The number of piperidine rings is 1. The molecular weight excluding hydrogens is 546 g/mol. The summed E-state index contributed by atoms with van der Waals surface area (Å²) in [6.45, 7) is 3.04. The van der Waals surface area contributed by atoms with Gasteiger partial charge in [0.05, 0.1) is 12.1 Å². The molecule has 6 rings (SSSR count). The first-order valence-electron chi connectivity index (χ1n) is 14.5. The van der Waals surface area contributed by atoms with Gasteiger partial charge in [-0.05, 0) is 91.3 Å². The summed E-state index contributed by atoms with van der Waals surface area (Å²) in [5.74, 6) is -0.325. The number of carbonyl (C=O) groups excluding carboxylic acids is 2. The number of fused-ring (bicyclic) bond motifs is 1. The largest absolute Gasteiger partial charge is 0.465 e. The highest BCUT2D eigenvalue weighted by atomic mass is 16.4. The number of aryl methyl sites for hydroxylation is 1. The average molecular weight is 580 g/mol. The molecule has 0 bridgehead atoms. The van der Waals surface area contributed by atoms with E-state index in [2.05, 4.69) is 15.6 Å². The van der Waals surface area contributed by atoms with Crippen LogP contribution >= 0.6 is 0 Å². The highest BCUT2D eigenvalue weighted by Gasteiger charge is 2.27. The van der Waals surface area contributed by atoms with Gasteiger partial charge in [-0.1, -0.05) is 12.1 Å². The number of carboxylic acid groups (broad SMARTS) is 1. The van der Waals surface area contributed by atoms with Crippen molar-refractivity contribution in [2.75, 3.05) is 13.1 Å². The van der Waals surface area contributed by atoms with E-state index < -0.39 is 6.09 Å². The van der Waals surface area contributed by atoms with Crippen LogP contribution in [-0.2, 0) is 6.54 Å². The van der Waals surface area contributed by atoms with Gasteiger partial charge in [0.1, 0.15) is 0 Å². The number of pyridine rings is 2. The van der Waals surface area contributed by atoms with Crippen molar-refractivity contribution in [2.45, 2.75) is 51.2 Å². The first-order chi connectivity index (χ1) is 20.8. The molecule has 2 aliphatic rings. The van der Waals surface area contributed by atoms with Crippen LogP contribution in [0.4, 0.5) is 4.79 Å². The monoisotopic (exact) mass is 579 g/mol. The van der Waals surface area contributed by atoms with Gasteiger partial charge in [0, 0.05) is 60.1 Å². The SMILES string of the molecule is Cc1ccc(C(=O)NC2CC2)cc1-c1ccc2c(=O)n(Cc3ccncc3)cc(C(=O)N3CCC(NC(=O)O)CC3)c2c1. The average Bonchev–Trinajstić information content (AvgIpc) is 3.83. The molecule has 43 heavy (non-hydrogen) atoms. The molecule has 0 radical (unpaired) electrons. The van der Waals surface area contributed by atoms with Gasteiger partial charge in [0.15, 0.2) is 0 Å². The van der Waals surface area contributed by atoms with Gasteiger partial charge < -0.3 is 25.2 Å². The molecule has 0 unspecified atom stereocenters. The first-order valence-corrected chi connectivity index (χ1v) is 14.5. The number of nitrogens with one attached hydrogen (secondary N) is 2. The molecule has 3 N–H and O–H groups in total. The van der Waals surface area contributed by atoms with Crippen LogP contribution in [-0.4, -0.2) is 62.6 Å². The van der Waals surface area contributed by atoms with Crippen LogP contribution in [0.15, 0.2) is 71.9 Å². The van der Waals surface area contributed by atoms with E-state index >= 15 is 0 Å². The van der Waals surface area contributed by atoms with Crippen molar-refractivity contribution in [2.24, 2.45) is 0 Å². The second-order valence-electron chi connectivity index (χ2n) is 11.4. The number of hydrogen-bond donors (Lipinski definition) is 3. The minimum absolute atomic E-state index is 0.111. The molecule has 0 spiro atoms. The number of carbonyl (C=O) groups is 3. The molecule has 3 heterocycles. The number of hydrogen-bond acceptors (Lipinski definition) is 5. The molecule has 1 saturated carbocycles. The zero-order valence-corrected chi connectivity index (χ0v) is 23.9. The zero-order chi connectivity index (χ0) is 30.1. The molecule has 1 saturated heterocycles. The van der Waals surface area contributed by atoms with Crippen molar-refractivity contribution < 1.29 is 19.5 Å². The lowest BCUT2D eigenvalue weighted by atomic mass is 9.94. The Bertz CT molecular complexity index is 1770. The molecule has 4 aromatic rings. The molecule has 2 aromatic heterocycles. The Labute approximate surface area is 248 Å². The zero-order valence-electron chi connectivity index (χ0n) is 23.9. The van der Waals surface area contributed by atoms with Crippen molar-refractivity contribution in [1.82, 2.24) is 25.1 Å². The van der Waals surface area contributed by atoms with E-state index in [1.165, 1.54) is 0 Å². The molecule has 2 aromatic carbocycles. The third-order valence-electron chi connectivity index (χ3n) is 8.25. The molecule has 220 valence electrons. The van der Waals surface area contributed by atoms with E-state index in [0.717, 1.165) is 35.1 Å². The maximum absolute atomic E-state index is 14.0. The Morgan fingerprint density at radius 3 is 2.33 bits per heavy atom. The fourth-order valence-corrected chi connectivity index (χ4v) is 5.68. The van der Waals surface area contributed by atoms with Crippen LogP contribution in [0.1, 0.15) is 57.5 Å². The first kappa shape index (κ1) is 28.1. The lowest BCUT2D eigenvalue weighted by Crippen LogP contribution is -2.46. The lowest BCUT2D eigenvalue weighted by Gasteiger charge is -2.32. The van der Waals surface area contributed by atoms with E-state index in [1.54, 1.807) is 34.1 Å². The minimum atomic E-state index is -1.07. The molecular formula is C33H33N5O5. The van der Waals surface area contributed by atoms with Gasteiger partial charge in [-0.2, -0.15) is 0 Å². The number of nitrogens with zero attached hydrogens (tertiary/aromatic N) is 3. The number of benzene rings is 2. The predicted molar refractivity (Wildman–Crippen MR) is 162 cm³/mol. The second-order valence-corrected chi connectivity index (χ2v) is 11.4. The maximum atomic E-state index is 14.0. The molecule has 10 heteroatoms. The van der Waals surface area contributed by atoms with Gasteiger partial charge in [-0.15, -0.1) is 0 Å². The van der Waals surface area contributed by atoms with Gasteiger partial charge in [-0.25, -0.2) is 4.79 Å². The standard InChI is InChI=1S/C33H33N5O5/c1-20-2-3-23(30(39)35-24-5-6-24)17-27(20)22-4-7-26-28(16-22)29(19-38(31(26)40)18-21-8-12-34-13-9-21)32(41)37-14-10-25(11-15-37)36-33(42)43/h2-4,7-9,12-13,16-17,19,24-25,36H,5-6,10-11,14-15,18H2,1H3,(H,35,39)(H,42,43). The van der Waals surface area contributed by atoms with Crippen molar-refractivity contribution in [3.05, 3.63) is 99.7 Å². The Morgan fingerprint density at radius 1 is 0.907 bits per heavy atom. The number of amides is 3. The van der Waals surface area contributed by atoms with Crippen LogP contribution in [0, 0.1) is 6.92 Å². The van der Waals surface area contributed by atoms with E-state index in [1.807, 2.05) is 49.4 Å². The molecule has 2 fully saturated rings. The minimum Gasteiger partial charge on any atom is -0.465 e. The van der Waals surface area contributed by atoms with Crippen molar-refractivity contribution in [1.29, 1.82) is 0 Å². The van der Waals surface area contributed by atoms with Crippen LogP contribution in [0.25, 0.3) is 21.9 Å². The van der Waals surface area contributed by atoms with Crippen molar-refractivity contribution in [3.63, 3.8) is 0 Å². The van der Waals surface area contributed by atoms with Crippen molar-refractivity contribution in [3.8, 4) is 11.1 Å². The Morgan fingerprint density at radius 2 is 1.63 bits per heavy atom. The molecule has 1 aliphatic heterocycles. The molecule has 0 atom stereocenters. The van der Waals surface area contributed by atoms with Crippen LogP contribution in [0.5, 0.6) is 0 Å². The van der Waals surface area contributed by atoms with E-state index in [-0.39, 0.29) is 36.0 Å². The van der Waals surface area contributed by atoms with Gasteiger partial charge in [0.25, 0.3) is 17.4 Å². The molecule has 1 aliphatic carbocycles. The summed E-state index contributed by atoms with van der Waals surface area (Å²) >= 11 is 0. The summed E-state index contributed by atoms with van der Waals surface area (Å²) in [7, 11) is 0. The molecule has 3 amide bonds. The third kappa shape index (κ3) is 6.13. The van der Waals surface area contributed by atoms with Gasteiger partial charge >= 0.3 is 6.09 Å². The summed E-state index contributed by atoms with van der Waals surface area (Å²) in [4.78, 5) is 57.4. The summed E-state index contributed by atoms with van der Waals surface area (Å²) in [6.07, 6.45) is 6.89. The van der Waals surface area contributed by atoms with Crippen LogP contribution < -0.4 is 16.2 Å². The Balaban J connectivity index is 1.41. The van der Waals surface area contributed by atoms with Gasteiger partial charge in [0.2, 0.25) is 0 Å². The normalized spacial score (nSPS) is 15.3. The van der Waals surface area contributed by atoms with E-state index in [0.29, 0.717) is 47.8 Å². The number of rotatable bonds is 7. The van der Waals surface area contributed by atoms with Gasteiger partial charge in [-0.3, -0.25) is 19.4 Å². The fraction of sp³-hybridized carbons (Fsp3) is 0.303.